The van der Waals surface area contributed by atoms with Gasteiger partial charge >= 0.3 is 0 Å². The lowest BCUT2D eigenvalue weighted by molar-refractivity contribution is -0.118. The van der Waals surface area contributed by atoms with E-state index in [0.717, 1.165) is 29.7 Å². The highest BCUT2D eigenvalue weighted by molar-refractivity contribution is 7.12. The molecule has 96 valence electrons. The van der Waals surface area contributed by atoms with E-state index in [2.05, 4.69) is 5.32 Å². The van der Waals surface area contributed by atoms with Crippen LogP contribution in [-0.2, 0) is 4.79 Å². The highest BCUT2D eigenvalue weighted by atomic mass is 32.1. The average Bonchev–Trinajstić information content (AvgIpc) is 3.02. The van der Waals surface area contributed by atoms with Crippen molar-refractivity contribution < 1.29 is 9.59 Å². The molecule has 1 amide bonds. The first-order valence-corrected chi connectivity index (χ1v) is 7.11. The Labute approximate surface area is 111 Å². The summed E-state index contributed by atoms with van der Waals surface area (Å²) in [7, 11) is 0. The van der Waals surface area contributed by atoms with E-state index in [1.807, 2.05) is 30.5 Å². The van der Waals surface area contributed by atoms with Crippen LogP contribution >= 0.6 is 11.3 Å². The number of hydrogen-bond donors (Lipinski definition) is 1. The van der Waals surface area contributed by atoms with E-state index in [0.29, 0.717) is 6.42 Å². The second-order valence-corrected chi connectivity index (χ2v) is 5.55. The number of ketones is 1. The maximum absolute atomic E-state index is 11.9. The normalized spacial score (nSPS) is 16.2. The number of carbonyl (C=O) groups is 2. The molecule has 1 aromatic heterocycles. The fourth-order valence-corrected chi connectivity index (χ4v) is 2.74. The molecule has 0 aliphatic heterocycles. The minimum atomic E-state index is -0.117. The van der Waals surface area contributed by atoms with Crippen molar-refractivity contribution in [1.29, 1.82) is 0 Å². The molecule has 2 rings (SSSR count). The van der Waals surface area contributed by atoms with Crippen molar-refractivity contribution in [2.75, 3.05) is 0 Å². The summed E-state index contributed by atoms with van der Waals surface area (Å²) in [5, 5.41) is 4.78. The number of Topliss-reactive ketones (excluding diaryl/α,β-unsaturated/α-hetero) is 1. The van der Waals surface area contributed by atoms with E-state index in [4.69, 9.17) is 0 Å². The molecule has 0 bridgehead atoms. The Kier molecular flexibility index (Phi) is 4.31. The molecule has 0 fully saturated rings. The van der Waals surface area contributed by atoms with E-state index < -0.39 is 0 Å². The average molecular weight is 263 g/mol. The lowest BCUT2D eigenvalue weighted by Crippen LogP contribution is -2.34. The summed E-state index contributed by atoms with van der Waals surface area (Å²) in [4.78, 5) is 24.5. The van der Waals surface area contributed by atoms with Gasteiger partial charge in [0, 0.05) is 18.0 Å². The number of hydrogen-bond acceptors (Lipinski definition) is 3. The summed E-state index contributed by atoms with van der Waals surface area (Å²) >= 11 is 1.44. The minimum absolute atomic E-state index is 0.0148. The van der Waals surface area contributed by atoms with Crippen molar-refractivity contribution in [1.82, 2.24) is 5.32 Å². The van der Waals surface area contributed by atoms with Gasteiger partial charge in [0.2, 0.25) is 5.91 Å². The number of allylic oxidation sites excluding steroid dienone is 1. The van der Waals surface area contributed by atoms with Crippen molar-refractivity contribution >= 4 is 23.0 Å². The van der Waals surface area contributed by atoms with Gasteiger partial charge in [0.25, 0.3) is 0 Å². The van der Waals surface area contributed by atoms with E-state index in [-0.39, 0.29) is 17.7 Å². The SMILES string of the molecule is CC(CC(=O)c1cccs1)NC(=O)C1=CCCC1. The Morgan fingerprint density at radius 3 is 2.94 bits per heavy atom. The molecule has 1 atom stereocenters. The monoisotopic (exact) mass is 263 g/mol. The van der Waals surface area contributed by atoms with Crippen molar-refractivity contribution in [2.24, 2.45) is 0 Å². The van der Waals surface area contributed by atoms with Crippen molar-refractivity contribution in [2.45, 2.75) is 38.6 Å². The van der Waals surface area contributed by atoms with Gasteiger partial charge in [-0.25, -0.2) is 0 Å². The molecule has 0 radical (unpaired) electrons. The summed E-state index contributed by atoms with van der Waals surface area (Å²) in [6, 6.07) is 3.57. The number of rotatable bonds is 5. The van der Waals surface area contributed by atoms with Crippen LogP contribution in [0.2, 0.25) is 0 Å². The van der Waals surface area contributed by atoms with Gasteiger partial charge in [-0.15, -0.1) is 11.3 Å². The molecular weight excluding hydrogens is 246 g/mol. The summed E-state index contributed by atoms with van der Waals surface area (Å²) in [6.07, 6.45) is 5.26. The molecule has 3 nitrogen and oxygen atoms in total. The molecule has 1 aliphatic rings. The number of thiophene rings is 1. The van der Waals surface area contributed by atoms with Gasteiger partial charge < -0.3 is 5.32 Å². The minimum Gasteiger partial charge on any atom is -0.349 e. The van der Waals surface area contributed by atoms with E-state index >= 15 is 0 Å². The molecule has 1 N–H and O–H groups in total. The Bertz CT molecular complexity index is 462. The second kappa shape index (κ2) is 5.96. The highest BCUT2D eigenvalue weighted by Crippen LogP contribution is 2.18. The van der Waals surface area contributed by atoms with E-state index in [1.165, 1.54) is 11.3 Å². The Morgan fingerprint density at radius 1 is 1.50 bits per heavy atom. The van der Waals surface area contributed by atoms with Crippen LogP contribution in [0.25, 0.3) is 0 Å². The highest BCUT2D eigenvalue weighted by Gasteiger charge is 2.17. The number of carbonyl (C=O) groups excluding carboxylic acids is 2. The predicted octanol–water partition coefficient (Wildman–Crippen LogP) is 2.94. The second-order valence-electron chi connectivity index (χ2n) is 4.60. The first-order valence-electron chi connectivity index (χ1n) is 6.23. The topological polar surface area (TPSA) is 46.2 Å². The van der Waals surface area contributed by atoms with Crippen LogP contribution in [0.5, 0.6) is 0 Å². The number of nitrogens with one attached hydrogen (secondary N) is 1. The molecule has 0 saturated heterocycles. The molecule has 0 spiro atoms. The van der Waals surface area contributed by atoms with Crippen LogP contribution in [0.3, 0.4) is 0 Å². The maximum atomic E-state index is 11.9. The summed E-state index contributed by atoms with van der Waals surface area (Å²) in [5.41, 5.74) is 0.866. The predicted molar refractivity (Wildman–Crippen MR) is 72.8 cm³/mol. The van der Waals surface area contributed by atoms with E-state index in [9.17, 15) is 9.59 Å². The van der Waals surface area contributed by atoms with Gasteiger partial charge in [-0.3, -0.25) is 9.59 Å². The summed E-state index contributed by atoms with van der Waals surface area (Å²) < 4.78 is 0. The van der Waals surface area contributed by atoms with Gasteiger partial charge in [0.1, 0.15) is 0 Å². The smallest absolute Gasteiger partial charge is 0.247 e. The molecule has 1 aliphatic carbocycles. The fraction of sp³-hybridized carbons (Fsp3) is 0.429. The van der Waals surface area contributed by atoms with Gasteiger partial charge in [-0.2, -0.15) is 0 Å². The van der Waals surface area contributed by atoms with E-state index in [1.54, 1.807) is 0 Å². The van der Waals surface area contributed by atoms with Crippen molar-refractivity contribution in [3.63, 3.8) is 0 Å². The van der Waals surface area contributed by atoms with Crippen molar-refractivity contribution in [3.8, 4) is 0 Å². The van der Waals surface area contributed by atoms with Gasteiger partial charge in [-0.1, -0.05) is 12.1 Å². The Morgan fingerprint density at radius 2 is 2.33 bits per heavy atom. The summed E-state index contributed by atoms with van der Waals surface area (Å²) in [5.74, 6) is 0.0807. The standard InChI is InChI=1S/C14H17NO2S/c1-10(9-12(16)13-7-4-8-18-13)15-14(17)11-5-2-3-6-11/h4-5,7-8,10H,2-3,6,9H2,1H3,(H,15,17). The Hall–Kier alpha value is -1.42. The van der Waals surface area contributed by atoms with Crippen LogP contribution in [0.4, 0.5) is 0 Å². The quantitative estimate of drug-likeness (QED) is 0.830. The third-order valence-corrected chi connectivity index (χ3v) is 3.91. The molecule has 1 unspecified atom stereocenters. The third kappa shape index (κ3) is 3.29. The van der Waals surface area contributed by atoms with Crippen LogP contribution in [-0.4, -0.2) is 17.7 Å². The van der Waals surface area contributed by atoms with Crippen LogP contribution < -0.4 is 5.32 Å². The van der Waals surface area contributed by atoms with Gasteiger partial charge in [-0.05, 0) is 37.6 Å². The van der Waals surface area contributed by atoms with Crippen LogP contribution in [0, 0.1) is 0 Å². The molecule has 4 heteroatoms. The molecule has 18 heavy (non-hydrogen) atoms. The first kappa shape index (κ1) is 13.0. The zero-order valence-electron chi connectivity index (χ0n) is 10.4. The molecule has 1 heterocycles. The van der Waals surface area contributed by atoms with Crippen molar-refractivity contribution in [3.05, 3.63) is 34.0 Å². The number of amides is 1. The lowest BCUT2D eigenvalue weighted by atomic mass is 10.1. The molecule has 0 aromatic carbocycles. The van der Waals surface area contributed by atoms with Crippen LogP contribution in [0.15, 0.2) is 29.2 Å². The maximum Gasteiger partial charge on any atom is 0.247 e. The summed E-state index contributed by atoms with van der Waals surface area (Å²) in [6.45, 7) is 1.87. The van der Waals surface area contributed by atoms with Gasteiger partial charge in [0.15, 0.2) is 5.78 Å². The molecular formula is C14H17NO2S. The Balaban J connectivity index is 1.83. The van der Waals surface area contributed by atoms with Gasteiger partial charge in [0.05, 0.1) is 4.88 Å². The zero-order valence-corrected chi connectivity index (χ0v) is 11.3. The largest absolute Gasteiger partial charge is 0.349 e. The third-order valence-electron chi connectivity index (χ3n) is 3.00. The van der Waals surface area contributed by atoms with Crippen LogP contribution in [0.1, 0.15) is 42.3 Å². The zero-order chi connectivity index (χ0) is 13.0. The molecule has 0 saturated carbocycles. The first-order chi connectivity index (χ1) is 8.66. The fourth-order valence-electron chi connectivity index (χ4n) is 2.06. The lowest BCUT2D eigenvalue weighted by Gasteiger charge is -2.13. The molecule has 1 aromatic rings.